The van der Waals surface area contributed by atoms with Gasteiger partial charge in [0.1, 0.15) is 5.60 Å². The number of rotatable bonds is 1. The van der Waals surface area contributed by atoms with Crippen LogP contribution in [0.5, 0.6) is 0 Å². The van der Waals surface area contributed by atoms with E-state index in [-0.39, 0.29) is 12.7 Å². The van der Waals surface area contributed by atoms with Crippen LogP contribution >= 0.6 is 0 Å². The first kappa shape index (κ1) is 11.7. The molecule has 16 heavy (non-hydrogen) atoms. The summed E-state index contributed by atoms with van der Waals surface area (Å²) in [6, 6.07) is 0. The second kappa shape index (κ2) is 3.91. The van der Waals surface area contributed by atoms with Gasteiger partial charge in [-0.3, -0.25) is 0 Å². The van der Waals surface area contributed by atoms with Gasteiger partial charge in [-0.2, -0.15) is 0 Å². The normalized spacial score (nSPS) is 33.2. The third kappa shape index (κ3) is 2.17. The minimum absolute atomic E-state index is 0.210. The summed E-state index contributed by atoms with van der Waals surface area (Å²) in [6.07, 6.45) is 0.846. The average molecular weight is 227 g/mol. The van der Waals surface area contributed by atoms with Gasteiger partial charge in [-0.05, 0) is 44.9 Å². The van der Waals surface area contributed by atoms with Crippen molar-refractivity contribution in [1.82, 2.24) is 4.90 Å². The Morgan fingerprint density at radius 3 is 2.69 bits per heavy atom. The molecule has 0 radical (unpaired) electrons. The molecule has 0 aromatic carbocycles. The molecule has 2 aliphatic rings. The van der Waals surface area contributed by atoms with E-state index in [4.69, 9.17) is 9.84 Å². The van der Waals surface area contributed by atoms with E-state index < -0.39 is 5.60 Å². The first-order chi connectivity index (χ1) is 7.40. The summed E-state index contributed by atoms with van der Waals surface area (Å²) in [4.78, 5) is 13.6. The first-order valence-corrected chi connectivity index (χ1v) is 5.99. The number of carbonyl (C=O) groups excluding carboxylic acids is 1. The highest BCUT2D eigenvalue weighted by atomic mass is 16.6. The Morgan fingerprint density at radius 2 is 2.12 bits per heavy atom. The summed E-state index contributed by atoms with van der Waals surface area (Å²) in [5.74, 6) is 1.49. The fraction of sp³-hybridized carbons (Fsp3) is 0.917. The van der Waals surface area contributed by atoms with E-state index in [0.29, 0.717) is 17.8 Å². The highest BCUT2D eigenvalue weighted by Crippen LogP contribution is 2.45. The smallest absolute Gasteiger partial charge is 0.410 e. The zero-order valence-corrected chi connectivity index (χ0v) is 10.3. The van der Waals surface area contributed by atoms with Crippen molar-refractivity contribution in [3.63, 3.8) is 0 Å². The summed E-state index contributed by atoms with van der Waals surface area (Å²) in [5, 5.41) is 9.11. The lowest BCUT2D eigenvalue weighted by molar-refractivity contribution is 0.0283. The molecule has 0 unspecified atom stereocenters. The number of fused-ring (bicyclic) bond motifs is 1. The Kier molecular flexibility index (Phi) is 2.86. The maximum Gasteiger partial charge on any atom is 0.410 e. The summed E-state index contributed by atoms with van der Waals surface area (Å²) in [7, 11) is 0. The minimum atomic E-state index is -0.422. The van der Waals surface area contributed by atoms with Crippen LogP contribution in [-0.4, -0.2) is 41.4 Å². The third-order valence-corrected chi connectivity index (χ3v) is 3.59. The quantitative estimate of drug-likeness (QED) is 0.738. The number of aliphatic hydroxyl groups excluding tert-OH is 1. The van der Waals surface area contributed by atoms with Gasteiger partial charge in [-0.1, -0.05) is 0 Å². The van der Waals surface area contributed by atoms with Crippen molar-refractivity contribution in [1.29, 1.82) is 0 Å². The van der Waals surface area contributed by atoms with Gasteiger partial charge in [0, 0.05) is 19.7 Å². The van der Waals surface area contributed by atoms with Crippen LogP contribution in [0, 0.1) is 17.8 Å². The van der Waals surface area contributed by atoms with Crippen LogP contribution in [0.25, 0.3) is 0 Å². The van der Waals surface area contributed by atoms with E-state index in [1.165, 1.54) is 0 Å². The summed E-state index contributed by atoms with van der Waals surface area (Å²) >= 11 is 0. The van der Waals surface area contributed by atoms with Crippen LogP contribution in [0.15, 0.2) is 0 Å². The molecular formula is C12H21NO3. The highest BCUT2D eigenvalue weighted by molar-refractivity contribution is 5.68. The van der Waals surface area contributed by atoms with Crippen LogP contribution in [0.2, 0.25) is 0 Å². The molecule has 1 heterocycles. The third-order valence-electron chi connectivity index (χ3n) is 3.59. The number of ether oxygens (including phenoxy) is 1. The number of amides is 1. The molecule has 0 spiro atoms. The Labute approximate surface area is 96.6 Å². The SMILES string of the molecule is CC(C)(C)OC(=O)N1C[C@H]2C[C@@H](CO)[C@H]2C1. The van der Waals surface area contributed by atoms with Crippen molar-refractivity contribution in [3.05, 3.63) is 0 Å². The number of aliphatic hydroxyl groups is 1. The fourth-order valence-corrected chi connectivity index (χ4v) is 2.73. The van der Waals surface area contributed by atoms with Gasteiger partial charge >= 0.3 is 6.09 Å². The van der Waals surface area contributed by atoms with Gasteiger partial charge in [0.2, 0.25) is 0 Å². The Morgan fingerprint density at radius 1 is 1.44 bits per heavy atom. The molecule has 92 valence electrons. The first-order valence-electron chi connectivity index (χ1n) is 5.99. The topological polar surface area (TPSA) is 49.8 Å². The van der Waals surface area contributed by atoms with Crippen LogP contribution in [0.4, 0.5) is 4.79 Å². The van der Waals surface area contributed by atoms with Crippen molar-refractivity contribution in [3.8, 4) is 0 Å². The maximum atomic E-state index is 11.8. The number of hydrogen-bond donors (Lipinski definition) is 1. The van der Waals surface area contributed by atoms with E-state index in [0.717, 1.165) is 19.5 Å². The van der Waals surface area contributed by atoms with Crippen molar-refractivity contribution in [2.45, 2.75) is 32.8 Å². The highest BCUT2D eigenvalue weighted by Gasteiger charge is 2.48. The van der Waals surface area contributed by atoms with Crippen LogP contribution in [0.3, 0.4) is 0 Å². The number of hydrogen-bond acceptors (Lipinski definition) is 3. The molecule has 1 aliphatic heterocycles. The van der Waals surface area contributed by atoms with Crippen molar-refractivity contribution in [2.75, 3.05) is 19.7 Å². The van der Waals surface area contributed by atoms with Gasteiger partial charge in [0.15, 0.2) is 0 Å². The standard InChI is InChI=1S/C12H21NO3/c1-12(2,3)16-11(15)13-5-8-4-9(7-14)10(8)6-13/h8-10,14H,4-7H2,1-3H3/t8-,9+,10+/m1/s1. The molecule has 4 nitrogen and oxygen atoms in total. The van der Waals surface area contributed by atoms with Gasteiger partial charge in [-0.15, -0.1) is 0 Å². The summed E-state index contributed by atoms with van der Waals surface area (Å²) < 4.78 is 5.34. The molecule has 2 rings (SSSR count). The number of carbonyl (C=O) groups is 1. The molecule has 0 aromatic rings. The fourth-order valence-electron chi connectivity index (χ4n) is 2.73. The van der Waals surface area contributed by atoms with E-state index in [1.807, 2.05) is 20.8 Å². The Bertz CT molecular complexity index is 284. The van der Waals surface area contributed by atoms with E-state index >= 15 is 0 Å². The van der Waals surface area contributed by atoms with E-state index in [1.54, 1.807) is 4.90 Å². The molecular weight excluding hydrogens is 206 g/mol. The maximum absolute atomic E-state index is 11.8. The van der Waals surface area contributed by atoms with Crippen molar-refractivity contribution < 1.29 is 14.6 Å². The van der Waals surface area contributed by atoms with Crippen molar-refractivity contribution in [2.24, 2.45) is 17.8 Å². The monoisotopic (exact) mass is 227 g/mol. The number of likely N-dealkylation sites (tertiary alicyclic amines) is 1. The lowest BCUT2D eigenvalue weighted by atomic mass is 9.67. The average Bonchev–Trinajstić information content (AvgIpc) is 2.43. The van der Waals surface area contributed by atoms with Crippen molar-refractivity contribution >= 4 is 6.09 Å². The minimum Gasteiger partial charge on any atom is -0.444 e. The molecule has 2 fully saturated rings. The molecule has 3 atom stereocenters. The Balaban J connectivity index is 1.87. The molecule has 4 heteroatoms. The lowest BCUT2D eigenvalue weighted by Crippen LogP contribution is -2.37. The summed E-state index contributed by atoms with van der Waals surface area (Å²) in [6.45, 7) is 7.45. The van der Waals surface area contributed by atoms with Gasteiger partial charge < -0.3 is 14.7 Å². The zero-order valence-electron chi connectivity index (χ0n) is 10.3. The van der Waals surface area contributed by atoms with Crippen LogP contribution in [-0.2, 0) is 4.74 Å². The molecule has 1 aliphatic carbocycles. The summed E-state index contributed by atoms with van der Waals surface area (Å²) in [5.41, 5.74) is -0.422. The predicted molar refractivity (Wildman–Crippen MR) is 60.0 cm³/mol. The lowest BCUT2D eigenvalue weighted by Gasteiger charge is -2.37. The molecule has 1 N–H and O–H groups in total. The number of nitrogens with zero attached hydrogens (tertiary/aromatic N) is 1. The van der Waals surface area contributed by atoms with E-state index in [2.05, 4.69) is 0 Å². The van der Waals surface area contributed by atoms with Gasteiger partial charge in [0.25, 0.3) is 0 Å². The second-order valence-electron chi connectivity index (χ2n) is 5.99. The predicted octanol–water partition coefficient (Wildman–Crippen LogP) is 1.48. The molecule has 0 bridgehead atoms. The molecule has 1 amide bonds. The molecule has 0 aromatic heterocycles. The zero-order chi connectivity index (χ0) is 11.9. The molecule has 1 saturated heterocycles. The Hall–Kier alpha value is -0.770. The van der Waals surface area contributed by atoms with E-state index in [9.17, 15) is 4.79 Å². The van der Waals surface area contributed by atoms with Gasteiger partial charge in [-0.25, -0.2) is 4.79 Å². The van der Waals surface area contributed by atoms with Crippen LogP contribution in [0.1, 0.15) is 27.2 Å². The second-order valence-corrected chi connectivity index (χ2v) is 5.99. The largest absolute Gasteiger partial charge is 0.444 e. The van der Waals surface area contributed by atoms with Crippen LogP contribution < -0.4 is 0 Å². The molecule has 1 saturated carbocycles. The van der Waals surface area contributed by atoms with Gasteiger partial charge in [0.05, 0.1) is 0 Å².